The monoisotopic (exact) mass is 302 g/mol. The lowest BCUT2D eigenvalue weighted by Gasteiger charge is -2.30. The van der Waals surface area contributed by atoms with Gasteiger partial charge in [-0.3, -0.25) is 0 Å². The van der Waals surface area contributed by atoms with Gasteiger partial charge in [0.1, 0.15) is 5.82 Å². The first-order valence-corrected chi connectivity index (χ1v) is 7.37. The Kier molecular flexibility index (Phi) is 4.90. The van der Waals surface area contributed by atoms with Crippen molar-refractivity contribution >= 4 is 11.8 Å². The lowest BCUT2D eigenvalue weighted by molar-refractivity contribution is -0.141. The second kappa shape index (κ2) is 6.49. The summed E-state index contributed by atoms with van der Waals surface area (Å²) in [5.41, 5.74) is -0.917. The fraction of sp³-hybridized carbons (Fsp3) is 0.714. The fourth-order valence-corrected chi connectivity index (χ4v) is 2.62. The number of hydrogen-bond acceptors (Lipinski definition) is 4. The number of hydrogen-bond donors (Lipinski definition) is 2. The Morgan fingerprint density at radius 1 is 1.24 bits per heavy atom. The van der Waals surface area contributed by atoms with E-state index in [9.17, 15) is 13.2 Å². The van der Waals surface area contributed by atoms with Gasteiger partial charge in [-0.1, -0.05) is 19.8 Å². The summed E-state index contributed by atoms with van der Waals surface area (Å²) >= 11 is 0. The summed E-state index contributed by atoms with van der Waals surface area (Å²) in [7, 11) is 0. The molecular formula is C14H21F3N4. The first-order valence-electron chi connectivity index (χ1n) is 7.37. The molecule has 21 heavy (non-hydrogen) atoms. The van der Waals surface area contributed by atoms with Crippen LogP contribution in [0.1, 0.15) is 45.2 Å². The second-order valence-corrected chi connectivity index (χ2v) is 5.50. The number of alkyl halides is 3. The minimum Gasteiger partial charge on any atom is -0.367 e. The molecule has 4 nitrogen and oxygen atoms in total. The molecule has 1 heterocycles. The summed E-state index contributed by atoms with van der Waals surface area (Å²) in [5, 5.41) is 5.90. The summed E-state index contributed by atoms with van der Waals surface area (Å²) in [6, 6.07) is 1.16. The maximum absolute atomic E-state index is 12.9. The molecule has 0 saturated heterocycles. The summed E-state index contributed by atoms with van der Waals surface area (Å²) < 4.78 is 38.7. The Labute approximate surface area is 122 Å². The highest BCUT2D eigenvalue weighted by atomic mass is 19.4. The largest absolute Gasteiger partial charge is 0.433 e. The molecule has 0 bridgehead atoms. The van der Waals surface area contributed by atoms with Crippen LogP contribution in [0, 0.1) is 5.92 Å². The van der Waals surface area contributed by atoms with Crippen molar-refractivity contribution in [3.05, 3.63) is 11.8 Å². The molecule has 2 N–H and O–H groups in total. The van der Waals surface area contributed by atoms with Crippen molar-refractivity contribution in [2.45, 2.75) is 51.7 Å². The summed E-state index contributed by atoms with van der Waals surface area (Å²) in [5.74, 6) is 0.691. The van der Waals surface area contributed by atoms with Crippen LogP contribution in [0.25, 0.3) is 0 Å². The van der Waals surface area contributed by atoms with Crippen LogP contribution in [0.15, 0.2) is 6.07 Å². The van der Waals surface area contributed by atoms with Crippen LogP contribution < -0.4 is 10.6 Å². The molecule has 0 aliphatic heterocycles. The van der Waals surface area contributed by atoms with E-state index in [1.807, 2.05) is 0 Å². The fourth-order valence-electron chi connectivity index (χ4n) is 2.62. The Hall–Kier alpha value is -1.53. The van der Waals surface area contributed by atoms with Crippen molar-refractivity contribution in [1.29, 1.82) is 0 Å². The summed E-state index contributed by atoms with van der Waals surface area (Å²) in [4.78, 5) is 7.65. The average molecular weight is 302 g/mol. The maximum atomic E-state index is 12.9. The van der Waals surface area contributed by atoms with Crippen molar-refractivity contribution in [3.8, 4) is 0 Å². The van der Waals surface area contributed by atoms with Crippen molar-refractivity contribution in [2.24, 2.45) is 5.92 Å². The lowest BCUT2D eigenvalue weighted by Crippen LogP contribution is -2.31. The predicted octanol–water partition coefficient (Wildman–Crippen LogP) is 3.92. The van der Waals surface area contributed by atoms with Gasteiger partial charge in [-0.25, -0.2) is 4.98 Å². The quantitative estimate of drug-likeness (QED) is 0.885. The van der Waals surface area contributed by atoms with Crippen LogP contribution in [0.3, 0.4) is 0 Å². The smallest absolute Gasteiger partial charge is 0.367 e. The number of nitrogens with zero attached hydrogens (tertiary/aromatic N) is 2. The molecule has 0 aromatic carbocycles. The standard InChI is InChI=1S/C14H21F3N4/c1-3-18-13-20-11(14(15,16)17)8-12(21-13)19-10-7-5-4-6-9(10)2/h8-10H,3-7H2,1-2H3,(H2,18,19,20,21). The van der Waals surface area contributed by atoms with E-state index in [0.717, 1.165) is 25.3 Å². The molecule has 0 radical (unpaired) electrons. The van der Waals surface area contributed by atoms with Gasteiger partial charge >= 0.3 is 6.18 Å². The molecule has 7 heteroatoms. The van der Waals surface area contributed by atoms with Gasteiger partial charge in [0.05, 0.1) is 0 Å². The molecule has 2 rings (SSSR count). The molecule has 0 spiro atoms. The normalized spacial score (nSPS) is 22.9. The van der Waals surface area contributed by atoms with Crippen LogP contribution >= 0.6 is 0 Å². The van der Waals surface area contributed by atoms with Gasteiger partial charge in [0.2, 0.25) is 5.95 Å². The molecular weight excluding hydrogens is 281 g/mol. The van der Waals surface area contributed by atoms with Crippen LogP contribution in [0.5, 0.6) is 0 Å². The lowest BCUT2D eigenvalue weighted by atomic mass is 9.86. The Bertz CT molecular complexity index is 476. The van der Waals surface area contributed by atoms with Gasteiger partial charge in [0.25, 0.3) is 0 Å². The Balaban J connectivity index is 2.22. The van der Waals surface area contributed by atoms with E-state index in [1.54, 1.807) is 6.92 Å². The van der Waals surface area contributed by atoms with Crippen LogP contribution in [0.2, 0.25) is 0 Å². The SMILES string of the molecule is CCNc1nc(NC2CCCCC2C)cc(C(F)(F)F)n1. The number of anilines is 2. The molecule has 0 amide bonds. The van der Waals surface area contributed by atoms with Crippen LogP contribution in [-0.2, 0) is 6.18 Å². The maximum Gasteiger partial charge on any atom is 0.433 e. The van der Waals surface area contributed by atoms with E-state index in [4.69, 9.17) is 0 Å². The minimum atomic E-state index is -4.47. The van der Waals surface area contributed by atoms with E-state index in [-0.39, 0.29) is 17.8 Å². The molecule has 2 atom stereocenters. The third kappa shape index (κ3) is 4.22. The third-order valence-electron chi connectivity index (χ3n) is 3.80. The van der Waals surface area contributed by atoms with Crippen molar-refractivity contribution in [2.75, 3.05) is 17.2 Å². The van der Waals surface area contributed by atoms with E-state index in [2.05, 4.69) is 27.5 Å². The molecule has 1 aliphatic carbocycles. The highest BCUT2D eigenvalue weighted by Gasteiger charge is 2.34. The van der Waals surface area contributed by atoms with Crippen molar-refractivity contribution in [3.63, 3.8) is 0 Å². The van der Waals surface area contributed by atoms with Gasteiger partial charge in [-0.05, 0) is 25.7 Å². The zero-order valence-electron chi connectivity index (χ0n) is 12.3. The van der Waals surface area contributed by atoms with Gasteiger partial charge in [0.15, 0.2) is 5.69 Å². The van der Waals surface area contributed by atoms with Gasteiger partial charge in [-0.15, -0.1) is 0 Å². The number of halogens is 3. The van der Waals surface area contributed by atoms with Crippen molar-refractivity contribution < 1.29 is 13.2 Å². The minimum absolute atomic E-state index is 0.0123. The van der Waals surface area contributed by atoms with Crippen molar-refractivity contribution in [1.82, 2.24) is 9.97 Å². The first kappa shape index (κ1) is 15.9. The highest BCUT2D eigenvalue weighted by Crippen LogP contribution is 2.31. The molecule has 1 aromatic rings. The van der Waals surface area contributed by atoms with E-state index in [1.165, 1.54) is 6.42 Å². The highest BCUT2D eigenvalue weighted by molar-refractivity contribution is 5.44. The third-order valence-corrected chi connectivity index (χ3v) is 3.80. The summed E-state index contributed by atoms with van der Waals surface area (Å²) in [6.45, 7) is 4.38. The number of aromatic nitrogens is 2. The number of rotatable bonds is 4. The average Bonchev–Trinajstić information content (AvgIpc) is 2.41. The molecule has 1 fully saturated rings. The number of nitrogens with one attached hydrogen (secondary N) is 2. The van der Waals surface area contributed by atoms with E-state index >= 15 is 0 Å². The Morgan fingerprint density at radius 3 is 2.57 bits per heavy atom. The van der Waals surface area contributed by atoms with E-state index in [0.29, 0.717) is 12.5 Å². The second-order valence-electron chi connectivity index (χ2n) is 5.50. The van der Waals surface area contributed by atoms with Gasteiger partial charge in [0, 0.05) is 18.7 Å². The van der Waals surface area contributed by atoms with Gasteiger partial charge in [-0.2, -0.15) is 18.2 Å². The molecule has 1 aliphatic rings. The van der Waals surface area contributed by atoms with Crippen LogP contribution in [-0.4, -0.2) is 22.6 Å². The molecule has 1 aromatic heterocycles. The summed E-state index contributed by atoms with van der Waals surface area (Å²) in [6.07, 6.45) is -0.140. The zero-order chi connectivity index (χ0) is 15.5. The zero-order valence-corrected chi connectivity index (χ0v) is 12.3. The molecule has 1 saturated carbocycles. The van der Waals surface area contributed by atoms with E-state index < -0.39 is 11.9 Å². The first-order chi connectivity index (χ1) is 9.90. The topological polar surface area (TPSA) is 49.8 Å². The predicted molar refractivity (Wildman–Crippen MR) is 76.2 cm³/mol. The van der Waals surface area contributed by atoms with Crippen LogP contribution in [0.4, 0.5) is 24.9 Å². The Morgan fingerprint density at radius 2 is 1.95 bits per heavy atom. The molecule has 2 unspecified atom stereocenters. The molecule has 118 valence electrons. The van der Waals surface area contributed by atoms with Gasteiger partial charge < -0.3 is 10.6 Å².